The van der Waals surface area contributed by atoms with Gasteiger partial charge in [0, 0.05) is 6.42 Å². The summed E-state index contributed by atoms with van der Waals surface area (Å²) in [7, 11) is 1.25. The maximum Gasteiger partial charge on any atom is 0.425 e. The van der Waals surface area contributed by atoms with Crippen molar-refractivity contribution in [3.63, 3.8) is 0 Å². The molecule has 0 aliphatic carbocycles. The summed E-state index contributed by atoms with van der Waals surface area (Å²) in [4.78, 5) is 15.1. The number of benzene rings is 1. The Labute approximate surface area is 122 Å². The van der Waals surface area contributed by atoms with Crippen LogP contribution in [0, 0.1) is 11.6 Å². The Bertz CT molecular complexity index is 521. The Morgan fingerprint density at radius 1 is 1.33 bits per heavy atom. The number of hydrazine groups is 1. The van der Waals surface area contributed by atoms with Gasteiger partial charge in [0.2, 0.25) is 0 Å². The lowest BCUT2D eigenvalue weighted by atomic mass is 10.0. The number of ether oxygens (including phenoxy) is 1. The molecule has 5 nitrogen and oxygen atoms in total. The Morgan fingerprint density at radius 3 is 2.67 bits per heavy atom. The number of carbonyl (C=O) groups is 1. The zero-order valence-corrected chi connectivity index (χ0v) is 12.2. The summed E-state index contributed by atoms with van der Waals surface area (Å²) in [6.07, 6.45) is 0.642. The van der Waals surface area contributed by atoms with Crippen molar-refractivity contribution in [3.8, 4) is 0 Å². The van der Waals surface area contributed by atoms with Crippen LogP contribution in [-0.2, 0) is 4.74 Å². The molecule has 116 valence electrons. The third kappa shape index (κ3) is 4.70. The van der Waals surface area contributed by atoms with Crippen LogP contribution < -0.4 is 10.9 Å². The Morgan fingerprint density at radius 2 is 2.05 bits per heavy atom. The maximum atomic E-state index is 13.1. The molecule has 0 saturated carbocycles. The summed E-state index contributed by atoms with van der Waals surface area (Å²) in [6, 6.07) is 3.49. The first kappa shape index (κ1) is 16.9. The number of nitrogens with zero attached hydrogens (tertiary/aromatic N) is 1. The van der Waals surface area contributed by atoms with E-state index in [2.05, 4.69) is 20.6 Å². The van der Waals surface area contributed by atoms with Crippen molar-refractivity contribution in [3.05, 3.63) is 35.4 Å². The van der Waals surface area contributed by atoms with E-state index in [1.165, 1.54) is 13.2 Å². The molecular formula is C14H19F2N3O2. The van der Waals surface area contributed by atoms with E-state index in [0.717, 1.165) is 12.1 Å². The van der Waals surface area contributed by atoms with Gasteiger partial charge < -0.3 is 4.74 Å². The Kier molecular flexibility index (Phi) is 6.58. The molecule has 7 heteroatoms. The monoisotopic (exact) mass is 299 g/mol. The third-order valence-corrected chi connectivity index (χ3v) is 2.79. The van der Waals surface area contributed by atoms with Gasteiger partial charge in [0.05, 0.1) is 13.2 Å². The highest BCUT2D eigenvalue weighted by Crippen LogP contribution is 2.28. The highest BCUT2D eigenvalue weighted by Gasteiger charge is 2.20. The van der Waals surface area contributed by atoms with E-state index in [1.54, 1.807) is 0 Å². The van der Waals surface area contributed by atoms with Crippen LogP contribution in [0.4, 0.5) is 13.6 Å². The number of hydrogen-bond donors (Lipinski definition) is 2. The second kappa shape index (κ2) is 8.18. The number of amides is 1. The number of carbonyl (C=O) groups excluding carboxylic acids is 1. The zero-order valence-electron chi connectivity index (χ0n) is 12.2. The van der Waals surface area contributed by atoms with E-state index in [9.17, 15) is 13.6 Å². The fraction of sp³-hybridized carbons (Fsp3) is 0.429. The summed E-state index contributed by atoms with van der Waals surface area (Å²) < 4.78 is 30.3. The van der Waals surface area contributed by atoms with Crippen molar-refractivity contribution in [2.24, 2.45) is 4.99 Å². The van der Waals surface area contributed by atoms with Gasteiger partial charge in [0.15, 0.2) is 11.6 Å². The lowest BCUT2D eigenvalue weighted by Crippen LogP contribution is -2.40. The quantitative estimate of drug-likeness (QED) is 0.783. The number of rotatable bonds is 1. The molecular weight excluding hydrogens is 280 g/mol. The van der Waals surface area contributed by atoms with Crippen LogP contribution in [0.15, 0.2) is 23.2 Å². The predicted octanol–water partition coefficient (Wildman–Crippen LogP) is 3.09. The first-order chi connectivity index (χ1) is 10.1. The first-order valence-corrected chi connectivity index (χ1v) is 6.71. The minimum absolute atomic E-state index is 0.239. The topological polar surface area (TPSA) is 62.7 Å². The summed E-state index contributed by atoms with van der Waals surface area (Å²) in [6.45, 7) is 4.00. The largest absolute Gasteiger partial charge is 0.452 e. The van der Waals surface area contributed by atoms with Gasteiger partial charge in [0.1, 0.15) is 5.84 Å². The molecule has 1 unspecified atom stereocenters. The van der Waals surface area contributed by atoms with Crippen LogP contribution >= 0.6 is 0 Å². The lowest BCUT2D eigenvalue weighted by Gasteiger charge is -2.07. The number of methoxy groups -OCH3 is 1. The van der Waals surface area contributed by atoms with E-state index in [-0.39, 0.29) is 6.04 Å². The molecule has 1 atom stereocenters. The van der Waals surface area contributed by atoms with Crippen LogP contribution in [0.25, 0.3) is 0 Å². The molecule has 0 aromatic heterocycles. The van der Waals surface area contributed by atoms with Gasteiger partial charge in [-0.2, -0.15) is 0 Å². The number of halogens is 2. The van der Waals surface area contributed by atoms with Crippen LogP contribution in [-0.4, -0.2) is 19.0 Å². The minimum Gasteiger partial charge on any atom is -0.452 e. The highest BCUT2D eigenvalue weighted by atomic mass is 19.2. The maximum absolute atomic E-state index is 13.1. The summed E-state index contributed by atoms with van der Waals surface area (Å²) in [5.41, 5.74) is 5.51. The van der Waals surface area contributed by atoms with Crippen LogP contribution in [0.2, 0.25) is 0 Å². The second-order valence-electron chi connectivity index (χ2n) is 4.05. The van der Waals surface area contributed by atoms with Crippen molar-refractivity contribution in [1.29, 1.82) is 0 Å². The van der Waals surface area contributed by atoms with Gasteiger partial charge >= 0.3 is 6.09 Å². The molecule has 0 spiro atoms. The average Bonchev–Trinajstić information content (AvgIpc) is 2.98. The molecule has 1 aromatic carbocycles. The fourth-order valence-electron chi connectivity index (χ4n) is 1.82. The number of nitrogens with one attached hydrogen (secondary N) is 2. The summed E-state index contributed by atoms with van der Waals surface area (Å²) in [5.74, 6) is -1.20. The molecule has 0 radical (unpaired) electrons. The van der Waals surface area contributed by atoms with E-state index >= 15 is 0 Å². The van der Waals surface area contributed by atoms with E-state index in [4.69, 9.17) is 0 Å². The Hall–Kier alpha value is -2.18. The van der Waals surface area contributed by atoms with Gasteiger partial charge in [-0.15, -0.1) is 0 Å². The zero-order chi connectivity index (χ0) is 15.8. The molecule has 2 N–H and O–H groups in total. The van der Waals surface area contributed by atoms with Crippen LogP contribution in [0.5, 0.6) is 0 Å². The van der Waals surface area contributed by atoms with Crippen LogP contribution in [0.1, 0.15) is 38.3 Å². The first-order valence-electron chi connectivity index (χ1n) is 6.71. The molecule has 1 aliphatic rings. The normalized spacial score (nSPS) is 16.4. The molecule has 1 aliphatic heterocycles. The van der Waals surface area contributed by atoms with Crippen molar-refractivity contribution in [2.75, 3.05) is 7.11 Å². The molecule has 21 heavy (non-hydrogen) atoms. The van der Waals surface area contributed by atoms with E-state index in [1.807, 2.05) is 13.8 Å². The minimum atomic E-state index is -0.887. The van der Waals surface area contributed by atoms with Crippen molar-refractivity contribution in [2.45, 2.75) is 32.7 Å². The van der Waals surface area contributed by atoms with Gasteiger partial charge in [0.25, 0.3) is 0 Å². The molecule has 0 bridgehead atoms. The van der Waals surface area contributed by atoms with Crippen LogP contribution in [0.3, 0.4) is 0 Å². The summed E-state index contributed by atoms with van der Waals surface area (Å²) in [5, 5.41) is 0. The third-order valence-electron chi connectivity index (χ3n) is 2.79. The fourth-order valence-corrected chi connectivity index (χ4v) is 1.82. The predicted molar refractivity (Wildman–Crippen MR) is 75.8 cm³/mol. The van der Waals surface area contributed by atoms with E-state index in [0.29, 0.717) is 24.2 Å². The molecule has 0 saturated heterocycles. The second-order valence-corrected chi connectivity index (χ2v) is 4.05. The van der Waals surface area contributed by atoms with E-state index < -0.39 is 17.7 Å². The number of aliphatic imine (C=N–C) groups is 1. The Balaban J connectivity index is 0.00000106. The molecule has 0 fully saturated rings. The SMILES string of the molecule is CC.COC(=O)NNC1=NC(c2ccc(F)c(F)c2)CC1. The van der Waals surface area contributed by atoms with Gasteiger partial charge in [-0.1, -0.05) is 19.9 Å². The highest BCUT2D eigenvalue weighted by molar-refractivity contribution is 5.85. The summed E-state index contributed by atoms with van der Waals surface area (Å²) >= 11 is 0. The molecule has 1 amide bonds. The van der Waals surface area contributed by atoms with Gasteiger partial charge in [-0.25, -0.2) is 19.0 Å². The smallest absolute Gasteiger partial charge is 0.425 e. The van der Waals surface area contributed by atoms with Crippen molar-refractivity contribution >= 4 is 11.9 Å². The van der Waals surface area contributed by atoms with Gasteiger partial charge in [-0.05, 0) is 24.1 Å². The molecule has 1 heterocycles. The van der Waals surface area contributed by atoms with Crippen molar-refractivity contribution < 1.29 is 18.3 Å². The number of amidine groups is 1. The lowest BCUT2D eigenvalue weighted by molar-refractivity contribution is 0.168. The standard InChI is InChI=1S/C12H13F2N3O2.C2H6/c1-19-12(18)17-16-11-5-4-10(15-11)7-2-3-8(13)9(14)6-7;1-2/h2-3,6,10H,4-5H2,1H3,(H,15,16)(H,17,18);1-2H3. The molecule has 2 rings (SSSR count). The number of hydrogen-bond acceptors (Lipinski definition) is 4. The van der Waals surface area contributed by atoms with Gasteiger partial charge in [-0.3, -0.25) is 10.4 Å². The van der Waals surface area contributed by atoms with Crippen molar-refractivity contribution in [1.82, 2.24) is 10.9 Å². The average molecular weight is 299 g/mol. The molecule has 1 aromatic rings.